The van der Waals surface area contributed by atoms with E-state index in [1.165, 1.54) is 69.8 Å². The first-order chi connectivity index (χ1) is 36.9. The molecule has 2 heterocycles. The fourth-order valence-corrected chi connectivity index (χ4v) is 11.5. The lowest BCUT2D eigenvalue weighted by molar-refractivity contribution is -0.103. The van der Waals surface area contributed by atoms with Crippen molar-refractivity contribution in [3.63, 3.8) is 0 Å². The maximum atomic E-state index is 13.6. The first-order valence-electron chi connectivity index (χ1n) is 26.1. The summed E-state index contributed by atoms with van der Waals surface area (Å²) in [6.45, 7) is 8.27. The minimum absolute atomic E-state index is 0. The van der Waals surface area contributed by atoms with Gasteiger partial charge in [0, 0.05) is 76.8 Å². The number of furan rings is 2. The summed E-state index contributed by atoms with van der Waals surface area (Å²) in [5.74, 6) is 1.37. The van der Waals surface area contributed by atoms with E-state index in [4.69, 9.17) is 24.0 Å². The van der Waals surface area contributed by atoms with Gasteiger partial charge in [0.05, 0.1) is 29.9 Å². The quantitative estimate of drug-likeness (QED) is 0.0765. The molecule has 8 aromatic rings. The molecule has 2 aromatic heterocycles. The Morgan fingerprint density at radius 1 is 0.603 bits per heavy atom. The maximum absolute atomic E-state index is 13.6. The summed E-state index contributed by atoms with van der Waals surface area (Å²) in [5, 5.41) is 16.0. The van der Waals surface area contributed by atoms with Crippen molar-refractivity contribution in [3.05, 3.63) is 154 Å². The molecule has 0 aliphatic heterocycles. The molecule has 0 spiro atoms. The van der Waals surface area contributed by atoms with Crippen LogP contribution in [0.2, 0.25) is 0 Å². The van der Waals surface area contributed by atoms with Crippen LogP contribution in [0.25, 0.3) is 66.8 Å². The van der Waals surface area contributed by atoms with Crippen LogP contribution >= 0.6 is 12.4 Å². The number of amides is 2. The summed E-state index contributed by atoms with van der Waals surface area (Å²) in [6.07, 6.45) is 8.13. The van der Waals surface area contributed by atoms with Gasteiger partial charge in [0.1, 0.15) is 45.8 Å². The Labute approximate surface area is 457 Å². The highest BCUT2D eigenvalue weighted by molar-refractivity contribution is 6.13. The fraction of sp³-hybridized carbons (Fsp3) is 0.302. The first kappa shape index (κ1) is 55.0. The number of carboxylic acids is 1. The number of nitrogens with one attached hydrogen (secondary N) is 2. The number of carboxylic acid groups (broad SMARTS) is 1. The monoisotopic (exact) mass is 1080 g/mol. The molecule has 6 aliphatic carbocycles. The Morgan fingerprint density at radius 2 is 0.987 bits per heavy atom. The Bertz CT molecular complexity index is 3610. The van der Waals surface area contributed by atoms with E-state index >= 15 is 0 Å². The molecular weight excluding hydrogens is 1020 g/mol. The fourth-order valence-electron chi connectivity index (χ4n) is 11.5. The lowest BCUT2D eigenvalue weighted by Gasteiger charge is -2.62. The van der Waals surface area contributed by atoms with E-state index in [1.54, 1.807) is 68.6 Å². The van der Waals surface area contributed by atoms with Crippen LogP contribution in [-0.2, 0) is 0 Å². The molecule has 6 aromatic carbocycles. The van der Waals surface area contributed by atoms with Crippen molar-refractivity contribution in [1.29, 1.82) is 0 Å². The number of hydrogen-bond acceptors (Lipinski definition) is 9. The highest BCUT2D eigenvalue weighted by Crippen LogP contribution is 2.66. The molecule has 0 unspecified atom stereocenters. The number of ether oxygens (including phenoxy) is 2. The second-order valence-electron chi connectivity index (χ2n) is 21.1. The molecule has 0 saturated heterocycles. The third-order valence-corrected chi connectivity index (χ3v) is 15.7. The van der Waals surface area contributed by atoms with Gasteiger partial charge in [0.25, 0.3) is 11.8 Å². The number of aryl methyl sites for hydroxylation is 2. The number of hydrogen-bond donors (Lipinski definition) is 4. The number of Topliss-reactive ketones (excluding diaryl/α,β-unsaturated/α-hetero) is 1. The van der Waals surface area contributed by atoms with Gasteiger partial charge in [-0.15, -0.1) is 12.4 Å². The van der Waals surface area contributed by atoms with Gasteiger partial charge in [0.2, 0.25) is 0 Å². The lowest BCUT2D eigenvalue weighted by atomic mass is 9.43. The Kier molecular flexibility index (Phi) is 15.4. The van der Waals surface area contributed by atoms with Gasteiger partial charge in [-0.1, -0.05) is 24.3 Å². The van der Waals surface area contributed by atoms with Crippen LogP contribution < -0.4 is 25.8 Å². The summed E-state index contributed by atoms with van der Waals surface area (Å²) >= 11 is 0. The molecule has 12 nitrogen and oxygen atoms in total. The number of aromatic carboxylic acids is 1. The summed E-state index contributed by atoms with van der Waals surface area (Å²) in [4.78, 5) is 50.9. The average molecular weight is 1080 g/mol. The van der Waals surface area contributed by atoms with Crippen LogP contribution in [0.3, 0.4) is 0 Å². The predicted molar refractivity (Wildman–Crippen MR) is 300 cm³/mol. The molecule has 6 aliphatic rings. The van der Waals surface area contributed by atoms with Gasteiger partial charge < -0.3 is 39.8 Å². The van der Waals surface area contributed by atoms with E-state index < -0.39 is 11.8 Å². The SMILES string of the molecule is CCOc1cc2oc(-c3ccc(F)cc3)c(C(=O)NC)c2cc1-c1ccc(C)c(C(=O)CC23CC(C2)C3)c1.CCOc1cc2oc(-c3ccc(F)cc3)c(C(=O)NC)c2cc1-c1ccc(C)c(C(=O)O)c1.Cl.NC12CC(C1)C2. The molecule has 2 amide bonds. The molecule has 0 radical (unpaired) electrons. The van der Waals surface area contributed by atoms with Crippen LogP contribution in [0.4, 0.5) is 8.78 Å². The van der Waals surface area contributed by atoms with Crippen LogP contribution in [0.15, 0.2) is 118 Å². The topological polar surface area (TPSA) is 183 Å². The van der Waals surface area contributed by atoms with Crippen molar-refractivity contribution in [2.75, 3.05) is 27.3 Å². The van der Waals surface area contributed by atoms with E-state index in [9.17, 15) is 33.1 Å². The molecule has 14 rings (SSSR count). The molecule has 0 atom stereocenters. The number of fused-ring (bicyclic) bond motifs is 2. The van der Waals surface area contributed by atoms with Gasteiger partial charge in [-0.05, 0) is 179 Å². The molecule has 5 N–H and O–H groups in total. The van der Waals surface area contributed by atoms with Crippen molar-refractivity contribution < 1.29 is 51.4 Å². The normalized spacial score (nSPS) is 18.9. The van der Waals surface area contributed by atoms with Crippen molar-refractivity contribution in [2.45, 2.75) is 78.2 Å². The summed E-state index contributed by atoms with van der Waals surface area (Å²) in [6, 6.07) is 29.7. The molecular formula is C63H62ClF2N3O9. The van der Waals surface area contributed by atoms with E-state index in [0.717, 1.165) is 34.1 Å². The van der Waals surface area contributed by atoms with Crippen LogP contribution in [-0.4, -0.2) is 61.5 Å². The van der Waals surface area contributed by atoms with Crippen molar-refractivity contribution in [2.24, 2.45) is 23.0 Å². The summed E-state index contributed by atoms with van der Waals surface area (Å²) < 4.78 is 51.1. The van der Waals surface area contributed by atoms with Crippen LogP contribution in [0, 0.1) is 42.7 Å². The highest BCUT2D eigenvalue weighted by Gasteiger charge is 2.57. The average Bonchev–Trinajstić information content (AvgIpc) is 4.02. The van der Waals surface area contributed by atoms with Gasteiger partial charge in [-0.3, -0.25) is 14.4 Å². The molecule has 4 bridgehead atoms. The van der Waals surface area contributed by atoms with E-state index in [1.807, 2.05) is 51.1 Å². The zero-order valence-electron chi connectivity index (χ0n) is 44.4. The minimum Gasteiger partial charge on any atom is -0.493 e. The largest absolute Gasteiger partial charge is 0.493 e. The van der Waals surface area contributed by atoms with E-state index in [0.29, 0.717) is 109 Å². The number of nitrogens with two attached hydrogens (primary N) is 1. The summed E-state index contributed by atoms with van der Waals surface area (Å²) in [7, 11) is 3.08. The van der Waals surface area contributed by atoms with Gasteiger partial charge >= 0.3 is 5.97 Å². The van der Waals surface area contributed by atoms with Gasteiger partial charge in [0.15, 0.2) is 5.78 Å². The van der Waals surface area contributed by atoms with E-state index in [2.05, 4.69) is 10.6 Å². The minimum atomic E-state index is -1.03. The van der Waals surface area contributed by atoms with Crippen molar-refractivity contribution >= 4 is 57.9 Å². The molecule has 15 heteroatoms. The number of benzene rings is 6. The molecule has 78 heavy (non-hydrogen) atoms. The number of ketones is 1. The van der Waals surface area contributed by atoms with E-state index in [-0.39, 0.29) is 46.8 Å². The standard InChI is InChI=1S/C32H30FNO4.C26H22FNO5.C5H9N.ClH/c1-4-37-27-13-28-25(29(31(36)34-3)30(38-28)20-7-9-22(33)10-8-20)12-24(27)21-6-5-18(2)23(11-21)26(35)17-32-14-19(15-32)16-32;1-4-32-21-13-22-20(12-19(21)16-6-5-14(2)18(11-16)26(30)31)23(25(29)28-3)24(33-22)15-7-9-17(27)10-8-15;6-5-1-4(2-5)3-5;/h5-13,19H,4,14-17H2,1-3H3,(H,34,36);5-13H,4H2,1-3H3,(H,28,29)(H,30,31);4H,1-3,6H2;1H. The second-order valence-corrected chi connectivity index (χ2v) is 21.1. The number of carbonyl (C=O) groups is 4. The second kappa shape index (κ2) is 21.9. The predicted octanol–water partition coefficient (Wildman–Crippen LogP) is 13.9. The Hall–Kier alpha value is -7.81. The van der Waals surface area contributed by atoms with Crippen LogP contribution in [0.1, 0.15) is 111 Å². The number of halogens is 3. The van der Waals surface area contributed by atoms with Crippen molar-refractivity contribution in [1.82, 2.24) is 10.6 Å². The van der Waals surface area contributed by atoms with Gasteiger partial charge in [-0.25, -0.2) is 13.6 Å². The molecule has 404 valence electrons. The highest BCUT2D eigenvalue weighted by atomic mass is 35.5. The Morgan fingerprint density at radius 3 is 1.33 bits per heavy atom. The smallest absolute Gasteiger partial charge is 0.335 e. The maximum Gasteiger partial charge on any atom is 0.335 e. The van der Waals surface area contributed by atoms with Gasteiger partial charge in [-0.2, -0.15) is 0 Å². The third kappa shape index (κ3) is 10.5. The zero-order valence-corrected chi connectivity index (χ0v) is 45.2. The Balaban J connectivity index is 0.000000170. The zero-order chi connectivity index (χ0) is 54.5. The third-order valence-electron chi connectivity index (χ3n) is 15.7. The first-order valence-corrected chi connectivity index (χ1v) is 26.1. The van der Waals surface area contributed by atoms with Crippen molar-refractivity contribution in [3.8, 4) is 56.4 Å². The number of carbonyl (C=O) groups excluding carboxylic acids is 3. The molecule has 6 saturated carbocycles. The number of rotatable bonds is 14. The summed E-state index contributed by atoms with van der Waals surface area (Å²) in [5.41, 5.74) is 14.4. The van der Waals surface area contributed by atoms with Crippen LogP contribution in [0.5, 0.6) is 11.5 Å². The molecule has 6 fully saturated rings. The lowest BCUT2D eigenvalue weighted by Crippen LogP contribution is -2.64.